The average molecular weight is 266 g/mol. The van der Waals surface area contributed by atoms with Gasteiger partial charge in [0.2, 0.25) is 11.8 Å². The van der Waals surface area contributed by atoms with Crippen LogP contribution in [0.1, 0.15) is 12.8 Å². The van der Waals surface area contributed by atoms with Crippen LogP contribution in [0.5, 0.6) is 0 Å². The smallest absolute Gasteiger partial charge is 0.220 e. The molecule has 0 fully saturated rings. The predicted octanol–water partition coefficient (Wildman–Crippen LogP) is -0.781. The van der Waals surface area contributed by atoms with Crippen LogP contribution in [0.2, 0.25) is 0 Å². The summed E-state index contributed by atoms with van der Waals surface area (Å²) in [6.07, 6.45) is -0.128. The summed E-state index contributed by atoms with van der Waals surface area (Å²) in [6, 6.07) is 0. The lowest BCUT2D eigenvalue weighted by Crippen LogP contribution is -2.40. The minimum Gasteiger partial charge on any atom is -0.389 e. The fourth-order valence-electron chi connectivity index (χ4n) is 0.915. The van der Waals surface area contributed by atoms with Crippen molar-refractivity contribution in [3.8, 4) is 0 Å². The number of carbonyl (C=O) groups excluding carboxylic acids is 2. The maximum atomic E-state index is 11.0. The van der Waals surface area contributed by atoms with Crippen molar-refractivity contribution in [3.05, 3.63) is 0 Å². The third-order valence-electron chi connectivity index (χ3n) is 1.75. The number of amides is 2. The van der Waals surface area contributed by atoms with Crippen molar-refractivity contribution in [2.24, 2.45) is 0 Å². The van der Waals surface area contributed by atoms with Crippen molar-refractivity contribution in [1.29, 1.82) is 0 Å². The van der Waals surface area contributed by atoms with Crippen molar-refractivity contribution in [2.45, 2.75) is 18.9 Å². The third kappa shape index (κ3) is 8.87. The van der Waals surface area contributed by atoms with Gasteiger partial charge < -0.3 is 15.7 Å². The molecule has 0 aromatic rings. The van der Waals surface area contributed by atoms with Crippen LogP contribution < -0.4 is 10.6 Å². The molecule has 0 spiro atoms. The molecule has 0 rings (SSSR count). The van der Waals surface area contributed by atoms with Gasteiger partial charge in [-0.05, 0) is 11.5 Å². The standard InChI is InChI=1S/C9H18N2O3S2/c12-7(5-10-8(13)1-3-15)6-11-9(14)2-4-16/h7,12,15-16H,1-6H2,(H,10,13)(H,11,14). The van der Waals surface area contributed by atoms with Gasteiger partial charge >= 0.3 is 0 Å². The molecule has 0 aromatic heterocycles. The Labute approximate surface area is 106 Å². The molecule has 0 unspecified atom stereocenters. The normalized spacial score (nSPS) is 10.2. The van der Waals surface area contributed by atoms with Crippen molar-refractivity contribution < 1.29 is 14.7 Å². The Bertz CT molecular complexity index is 205. The monoisotopic (exact) mass is 266 g/mol. The van der Waals surface area contributed by atoms with Gasteiger partial charge in [0.05, 0.1) is 6.10 Å². The van der Waals surface area contributed by atoms with Crippen LogP contribution in [0.15, 0.2) is 0 Å². The molecule has 0 saturated carbocycles. The Hall–Kier alpha value is -0.400. The summed E-state index contributed by atoms with van der Waals surface area (Å²) in [5, 5.41) is 14.5. The van der Waals surface area contributed by atoms with E-state index in [0.29, 0.717) is 24.3 Å². The van der Waals surface area contributed by atoms with E-state index in [1.165, 1.54) is 0 Å². The average Bonchev–Trinajstić information content (AvgIpc) is 2.24. The first-order chi connectivity index (χ1) is 7.60. The zero-order chi connectivity index (χ0) is 12.4. The maximum absolute atomic E-state index is 11.0. The van der Waals surface area contributed by atoms with E-state index in [4.69, 9.17) is 0 Å². The highest BCUT2D eigenvalue weighted by Crippen LogP contribution is 1.86. The van der Waals surface area contributed by atoms with Crippen LogP contribution in [0.3, 0.4) is 0 Å². The molecule has 0 radical (unpaired) electrons. The van der Waals surface area contributed by atoms with E-state index in [-0.39, 0.29) is 24.9 Å². The molecule has 0 aliphatic rings. The predicted molar refractivity (Wildman–Crippen MR) is 69.0 cm³/mol. The van der Waals surface area contributed by atoms with E-state index < -0.39 is 6.10 Å². The number of carbonyl (C=O) groups is 2. The number of nitrogens with one attached hydrogen (secondary N) is 2. The Morgan fingerprint density at radius 3 is 1.69 bits per heavy atom. The lowest BCUT2D eigenvalue weighted by atomic mass is 10.3. The van der Waals surface area contributed by atoms with Crippen LogP contribution in [-0.4, -0.2) is 47.6 Å². The lowest BCUT2D eigenvalue weighted by molar-refractivity contribution is -0.121. The third-order valence-corrected chi connectivity index (χ3v) is 2.19. The molecule has 2 amide bonds. The molecule has 0 heterocycles. The van der Waals surface area contributed by atoms with E-state index in [0.717, 1.165) is 0 Å². The van der Waals surface area contributed by atoms with Crippen LogP contribution >= 0.6 is 25.3 Å². The fraction of sp³-hybridized carbons (Fsp3) is 0.778. The van der Waals surface area contributed by atoms with Gasteiger partial charge in [-0.25, -0.2) is 0 Å². The Balaban J connectivity index is 3.54. The molecular formula is C9H18N2O3S2. The van der Waals surface area contributed by atoms with Crippen molar-refractivity contribution in [1.82, 2.24) is 10.6 Å². The molecule has 7 heteroatoms. The second-order valence-electron chi connectivity index (χ2n) is 3.21. The van der Waals surface area contributed by atoms with Gasteiger partial charge in [-0.15, -0.1) is 0 Å². The molecule has 0 aromatic carbocycles. The molecule has 0 aliphatic carbocycles. The van der Waals surface area contributed by atoms with E-state index in [1.54, 1.807) is 0 Å². The van der Waals surface area contributed by atoms with Crippen molar-refractivity contribution >= 4 is 37.1 Å². The van der Waals surface area contributed by atoms with Gasteiger partial charge in [0.15, 0.2) is 0 Å². The Morgan fingerprint density at radius 1 is 1.00 bits per heavy atom. The Kier molecular flexibility index (Phi) is 9.55. The minimum absolute atomic E-state index is 0.133. The molecule has 3 N–H and O–H groups in total. The lowest BCUT2D eigenvalue weighted by Gasteiger charge is -2.12. The van der Waals surface area contributed by atoms with Crippen LogP contribution in [0.4, 0.5) is 0 Å². The summed E-state index contributed by atoms with van der Waals surface area (Å²) < 4.78 is 0. The summed E-state index contributed by atoms with van der Waals surface area (Å²) in [4.78, 5) is 22.0. The van der Waals surface area contributed by atoms with Crippen LogP contribution in [-0.2, 0) is 9.59 Å². The van der Waals surface area contributed by atoms with Gasteiger partial charge in [0.1, 0.15) is 0 Å². The van der Waals surface area contributed by atoms with Gasteiger partial charge in [-0.1, -0.05) is 0 Å². The minimum atomic E-state index is -0.771. The van der Waals surface area contributed by atoms with Gasteiger partial charge in [0, 0.05) is 25.9 Å². The van der Waals surface area contributed by atoms with Gasteiger partial charge in [0.25, 0.3) is 0 Å². The zero-order valence-corrected chi connectivity index (χ0v) is 10.8. The number of hydrogen-bond donors (Lipinski definition) is 5. The second kappa shape index (κ2) is 9.80. The molecule has 16 heavy (non-hydrogen) atoms. The van der Waals surface area contributed by atoms with Crippen molar-refractivity contribution in [2.75, 3.05) is 24.6 Å². The summed E-state index contributed by atoms with van der Waals surface area (Å²) >= 11 is 7.82. The first-order valence-corrected chi connectivity index (χ1v) is 6.29. The summed E-state index contributed by atoms with van der Waals surface area (Å²) in [5.41, 5.74) is 0. The molecule has 0 aliphatic heterocycles. The SMILES string of the molecule is O=C(CCS)NCC(O)CNC(=O)CCS. The highest BCUT2D eigenvalue weighted by Gasteiger charge is 2.08. The fourth-order valence-corrected chi connectivity index (χ4v) is 1.32. The quantitative estimate of drug-likeness (QED) is 0.374. The number of aliphatic hydroxyl groups excluding tert-OH is 1. The summed E-state index contributed by atoms with van der Waals surface area (Å²) in [7, 11) is 0. The van der Waals surface area contributed by atoms with E-state index in [9.17, 15) is 14.7 Å². The van der Waals surface area contributed by atoms with E-state index in [1.807, 2.05) is 0 Å². The Morgan fingerprint density at radius 2 is 1.38 bits per heavy atom. The largest absolute Gasteiger partial charge is 0.389 e. The topological polar surface area (TPSA) is 78.4 Å². The van der Waals surface area contributed by atoms with Crippen LogP contribution in [0.25, 0.3) is 0 Å². The molecule has 0 saturated heterocycles. The first kappa shape index (κ1) is 15.6. The molecule has 94 valence electrons. The molecule has 5 nitrogen and oxygen atoms in total. The second-order valence-corrected chi connectivity index (χ2v) is 4.10. The molecular weight excluding hydrogens is 248 g/mol. The maximum Gasteiger partial charge on any atom is 0.220 e. The molecule has 0 bridgehead atoms. The first-order valence-electron chi connectivity index (χ1n) is 5.03. The number of thiol groups is 2. The van der Waals surface area contributed by atoms with Crippen molar-refractivity contribution in [3.63, 3.8) is 0 Å². The number of aliphatic hydroxyl groups is 1. The number of rotatable bonds is 8. The summed E-state index contributed by atoms with van der Waals surface area (Å²) in [5.74, 6) is 0.632. The number of hydrogen-bond acceptors (Lipinski definition) is 5. The highest BCUT2D eigenvalue weighted by atomic mass is 32.1. The summed E-state index contributed by atoms with van der Waals surface area (Å²) in [6.45, 7) is 0.265. The molecule has 0 atom stereocenters. The van der Waals surface area contributed by atoms with Gasteiger partial charge in [-0.2, -0.15) is 25.3 Å². The van der Waals surface area contributed by atoms with Gasteiger partial charge in [-0.3, -0.25) is 9.59 Å². The highest BCUT2D eigenvalue weighted by molar-refractivity contribution is 7.80. The zero-order valence-electron chi connectivity index (χ0n) is 8.98. The van der Waals surface area contributed by atoms with E-state index >= 15 is 0 Å². The van der Waals surface area contributed by atoms with Crippen LogP contribution in [0, 0.1) is 0 Å². The van der Waals surface area contributed by atoms with E-state index in [2.05, 4.69) is 35.9 Å².